The maximum Gasteiger partial charge on any atom is 0.323 e. The average molecular weight is 521 g/mol. The topological polar surface area (TPSA) is 119 Å². The van der Waals surface area contributed by atoms with E-state index in [0.29, 0.717) is 11.3 Å². The second kappa shape index (κ2) is 12.1. The number of nitrogens with zero attached hydrogens (tertiary/aromatic N) is 2. The van der Waals surface area contributed by atoms with Crippen LogP contribution in [-0.4, -0.2) is 64.0 Å². The zero-order chi connectivity index (χ0) is 27.2. The second-order valence-electron chi connectivity index (χ2n) is 10.3. The van der Waals surface area contributed by atoms with E-state index >= 15 is 0 Å². The molecule has 9 nitrogen and oxygen atoms in total. The Kier molecular flexibility index (Phi) is 8.66. The molecule has 0 radical (unpaired) electrons. The number of carbonyl (C=O) groups excluding carboxylic acids is 3. The summed E-state index contributed by atoms with van der Waals surface area (Å²) in [4.78, 5) is 55.1. The van der Waals surface area contributed by atoms with Gasteiger partial charge in [0, 0.05) is 30.4 Å². The Labute approximate surface area is 223 Å². The Morgan fingerprint density at radius 1 is 0.921 bits per heavy atom. The lowest BCUT2D eigenvalue weighted by atomic mass is 9.82. The quantitative estimate of drug-likeness (QED) is 0.507. The predicted octanol–water partition coefficient (Wildman–Crippen LogP) is 4.16. The first kappa shape index (κ1) is 27.2. The molecule has 2 aliphatic rings. The van der Waals surface area contributed by atoms with E-state index in [4.69, 9.17) is 0 Å². The number of amides is 4. The van der Waals surface area contributed by atoms with Gasteiger partial charge in [-0.1, -0.05) is 54.7 Å². The standard InChI is InChI=1S/C29H36N4O5/c1-19-11-13-23(14-12-19)30-29(38)33-16-15-32(28(37)22-10-6-7-20(2)17-22)27(33)26(36)31-24(18-25(34)35)21-8-4-3-5-9-21/h6-7,10-14,17,21,24,27H,3-5,8-9,15-16,18H2,1-2H3,(H,30,38)(H,31,36)(H,34,35). The highest BCUT2D eigenvalue weighted by Gasteiger charge is 2.44. The third kappa shape index (κ3) is 6.51. The van der Waals surface area contributed by atoms with E-state index in [2.05, 4.69) is 10.6 Å². The molecule has 4 rings (SSSR count). The maximum atomic E-state index is 13.8. The molecule has 3 N–H and O–H groups in total. The molecule has 0 spiro atoms. The van der Waals surface area contributed by atoms with Crippen molar-refractivity contribution in [2.75, 3.05) is 18.4 Å². The third-order valence-electron chi connectivity index (χ3n) is 7.44. The fraction of sp³-hybridized carbons (Fsp3) is 0.448. The Bertz CT molecular complexity index is 1180. The van der Waals surface area contributed by atoms with Crippen LogP contribution in [0.15, 0.2) is 48.5 Å². The SMILES string of the molecule is Cc1ccc(NC(=O)N2CCN(C(=O)c3cccc(C)c3)C2C(=O)NC(CC(=O)O)C2CCCCC2)cc1. The molecule has 1 aliphatic carbocycles. The molecular formula is C29H36N4O5. The van der Waals surface area contributed by atoms with Gasteiger partial charge in [0.1, 0.15) is 0 Å². The van der Waals surface area contributed by atoms with E-state index in [1.807, 2.05) is 32.0 Å². The van der Waals surface area contributed by atoms with Crippen molar-refractivity contribution in [3.05, 3.63) is 65.2 Å². The molecule has 0 aromatic heterocycles. The van der Waals surface area contributed by atoms with E-state index < -0.39 is 30.1 Å². The first-order chi connectivity index (χ1) is 18.2. The van der Waals surface area contributed by atoms with Crippen molar-refractivity contribution in [1.82, 2.24) is 15.1 Å². The highest BCUT2D eigenvalue weighted by molar-refractivity contribution is 6.00. The predicted molar refractivity (Wildman–Crippen MR) is 144 cm³/mol. The van der Waals surface area contributed by atoms with E-state index in [1.54, 1.807) is 30.3 Å². The van der Waals surface area contributed by atoms with Crippen molar-refractivity contribution >= 4 is 29.5 Å². The van der Waals surface area contributed by atoms with E-state index in [9.17, 15) is 24.3 Å². The molecule has 1 heterocycles. The summed E-state index contributed by atoms with van der Waals surface area (Å²) in [5.74, 6) is -1.85. The van der Waals surface area contributed by atoms with Crippen LogP contribution >= 0.6 is 0 Å². The lowest BCUT2D eigenvalue weighted by Gasteiger charge is -2.34. The summed E-state index contributed by atoms with van der Waals surface area (Å²) in [7, 11) is 0. The van der Waals surface area contributed by atoms with Gasteiger partial charge in [-0.25, -0.2) is 4.79 Å². The van der Waals surface area contributed by atoms with Crippen LogP contribution in [0.5, 0.6) is 0 Å². The van der Waals surface area contributed by atoms with Gasteiger partial charge >= 0.3 is 12.0 Å². The number of aryl methyl sites for hydroxylation is 2. The van der Waals surface area contributed by atoms with Crippen molar-refractivity contribution in [2.45, 2.75) is 64.6 Å². The largest absolute Gasteiger partial charge is 0.481 e. The number of carbonyl (C=O) groups is 4. The number of carboxylic acid groups (broad SMARTS) is 1. The molecular weight excluding hydrogens is 484 g/mol. The summed E-state index contributed by atoms with van der Waals surface area (Å²) in [5, 5.41) is 15.3. The van der Waals surface area contributed by atoms with Crippen LogP contribution in [0.25, 0.3) is 0 Å². The Morgan fingerprint density at radius 3 is 2.26 bits per heavy atom. The van der Waals surface area contributed by atoms with Gasteiger partial charge in [-0.05, 0) is 56.9 Å². The van der Waals surface area contributed by atoms with Crippen LogP contribution in [0, 0.1) is 19.8 Å². The number of urea groups is 1. The lowest BCUT2D eigenvalue weighted by molar-refractivity contribution is -0.138. The number of anilines is 1. The number of hydrogen-bond acceptors (Lipinski definition) is 4. The molecule has 4 amide bonds. The minimum Gasteiger partial charge on any atom is -0.481 e. The maximum absolute atomic E-state index is 13.8. The van der Waals surface area contributed by atoms with Gasteiger partial charge in [0.15, 0.2) is 6.17 Å². The molecule has 9 heteroatoms. The highest BCUT2D eigenvalue weighted by atomic mass is 16.4. The number of rotatable bonds is 7. The fourth-order valence-electron chi connectivity index (χ4n) is 5.43. The Balaban J connectivity index is 1.60. The molecule has 202 valence electrons. The van der Waals surface area contributed by atoms with E-state index in [1.165, 1.54) is 9.80 Å². The van der Waals surface area contributed by atoms with Crippen LogP contribution < -0.4 is 10.6 Å². The molecule has 0 bridgehead atoms. The second-order valence-corrected chi connectivity index (χ2v) is 10.3. The smallest absolute Gasteiger partial charge is 0.323 e. The molecule has 38 heavy (non-hydrogen) atoms. The third-order valence-corrected chi connectivity index (χ3v) is 7.44. The minimum atomic E-state index is -1.20. The Hall–Kier alpha value is -3.88. The number of aliphatic carboxylic acids is 1. The number of benzene rings is 2. The lowest BCUT2D eigenvalue weighted by Crippen LogP contribution is -2.57. The number of nitrogens with one attached hydrogen (secondary N) is 2. The highest BCUT2D eigenvalue weighted by Crippen LogP contribution is 2.29. The zero-order valence-corrected chi connectivity index (χ0v) is 22.0. The molecule has 2 aromatic rings. The van der Waals surface area contributed by atoms with Crippen LogP contribution in [0.4, 0.5) is 10.5 Å². The summed E-state index contributed by atoms with van der Waals surface area (Å²) >= 11 is 0. The molecule has 2 atom stereocenters. The summed E-state index contributed by atoms with van der Waals surface area (Å²) in [5.41, 5.74) is 2.96. The van der Waals surface area contributed by atoms with Crippen molar-refractivity contribution in [3.8, 4) is 0 Å². The van der Waals surface area contributed by atoms with Crippen LogP contribution in [0.1, 0.15) is 60.0 Å². The van der Waals surface area contributed by atoms with Crippen molar-refractivity contribution in [3.63, 3.8) is 0 Å². The van der Waals surface area contributed by atoms with Crippen molar-refractivity contribution in [2.24, 2.45) is 5.92 Å². The molecule has 1 aliphatic heterocycles. The summed E-state index contributed by atoms with van der Waals surface area (Å²) in [6.07, 6.45) is 3.35. The van der Waals surface area contributed by atoms with Crippen LogP contribution in [0.3, 0.4) is 0 Å². The van der Waals surface area contributed by atoms with Gasteiger partial charge in [0.05, 0.1) is 6.42 Å². The number of carboxylic acids is 1. The van der Waals surface area contributed by atoms with E-state index in [-0.39, 0.29) is 31.3 Å². The van der Waals surface area contributed by atoms with Crippen molar-refractivity contribution < 1.29 is 24.3 Å². The number of hydrogen-bond donors (Lipinski definition) is 3. The van der Waals surface area contributed by atoms with E-state index in [0.717, 1.165) is 43.2 Å². The van der Waals surface area contributed by atoms with Gasteiger partial charge in [-0.15, -0.1) is 0 Å². The normalized spacial score (nSPS) is 18.6. The first-order valence-corrected chi connectivity index (χ1v) is 13.3. The summed E-state index contributed by atoms with van der Waals surface area (Å²) in [6.45, 7) is 4.17. The molecule has 2 aromatic carbocycles. The summed E-state index contributed by atoms with van der Waals surface area (Å²) in [6, 6.07) is 13.3. The van der Waals surface area contributed by atoms with Crippen molar-refractivity contribution in [1.29, 1.82) is 0 Å². The Morgan fingerprint density at radius 2 is 1.61 bits per heavy atom. The fourth-order valence-corrected chi connectivity index (χ4v) is 5.43. The van der Waals surface area contributed by atoms with Crippen LogP contribution in [-0.2, 0) is 9.59 Å². The van der Waals surface area contributed by atoms with Gasteiger partial charge in [0.2, 0.25) is 0 Å². The van der Waals surface area contributed by atoms with Crippen LogP contribution in [0.2, 0.25) is 0 Å². The zero-order valence-electron chi connectivity index (χ0n) is 22.0. The molecule has 2 unspecified atom stereocenters. The molecule has 1 saturated heterocycles. The minimum absolute atomic E-state index is 0.0426. The first-order valence-electron chi connectivity index (χ1n) is 13.3. The van der Waals surface area contributed by atoms with Gasteiger partial charge in [0.25, 0.3) is 11.8 Å². The average Bonchev–Trinajstić information content (AvgIpc) is 3.35. The van der Waals surface area contributed by atoms with Gasteiger partial charge < -0.3 is 20.6 Å². The molecule has 1 saturated carbocycles. The van der Waals surface area contributed by atoms with Gasteiger partial charge in [-0.3, -0.25) is 19.3 Å². The van der Waals surface area contributed by atoms with Gasteiger partial charge in [-0.2, -0.15) is 0 Å². The molecule has 2 fully saturated rings. The summed E-state index contributed by atoms with van der Waals surface area (Å²) < 4.78 is 0. The monoisotopic (exact) mass is 520 g/mol.